The van der Waals surface area contributed by atoms with Crippen molar-refractivity contribution in [2.24, 2.45) is 5.92 Å². The minimum atomic E-state index is -0.863. The number of carboxylic acid groups (broad SMARTS) is 1. The Morgan fingerprint density at radius 3 is 2.38 bits per heavy atom. The number of hydrogen-bond acceptors (Lipinski definition) is 4. The lowest BCUT2D eigenvalue weighted by Gasteiger charge is -2.18. The second kappa shape index (κ2) is 11.3. The van der Waals surface area contributed by atoms with Gasteiger partial charge in [0, 0.05) is 11.6 Å². The highest BCUT2D eigenvalue weighted by Gasteiger charge is 2.19. The van der Waals surface area contributed by atoms with E-state index in [2.05, 4.69) is 5.32 Å². The molecule has 1 unspecified atom stereocenters. The van der Waals surface area contributed by atoms with Crippen LogP contribution >= 0.6 is 23.2 Å². The van der Waals surface area contributed by atoms with Crippen molar-refractivity contribution in [2.45, 2.75) is 46.4 Å². The number of carboxylic acids is 1. The van der Waals surface area contributed by atoms with Crippen LogP contribution in [0.5, 0.6) is 11.5 Å². The first kappa shape index (κ1) is 23.3. The summed E-state index contributed by atoms with van der Waals surface area (Å²) >= 11 is 12.4. The van der Waals surface area contributed by atoms with Crippen LogP contribution < -0.4 is 14.8 Å². The van der Waals surface area contributed by atoms with E-state index >= 15 is 0 Å². The quantitative estimate of drug-likeness (QED) is 0.479. The second-order valence-electron chi connectivity index (χ2n) is 7.15. The standard InChI is InChI=1S/C22H27Cl2NO4/c1-4-28-20-11-16(12-25-19(22(26)27)9-14(2)3)10-18(24)21(20)29-13-15-5-7-17(23)8-6-15/h5-8,10-11,14,19,25H,4,9,12-13H2,1-3H3,(H,26,27). The molecule has 0 amide bonds. The van der Waals surface area contributed by atoms with Gasteiger partial charge in [0.05, 0.1) is 11.6 Å². The zero-order valence-corrected chi connectivity index (χ0v) is 18.4. The molecule has 0 aliphatic rings. The molecule has 5 nitrogen and oxygen atoms in total. The van der Waals surface area contributed by atoms with Crippen LogP contribution in [0.4, 0.5) is 0 Å². The first-order valence-electron chi connectivity index (χ1n) is 9.58. The average molecular weight is 440 g/mol. The molecule has 2 aromatic rings. The SMILES string of the molecule is CCOc1cc(CNC(CC(C)C)C(=O)O)cc(Cl)c1OCc1ccc(Cl)cc1. The number of benzene rings is 2. The number of carbonyl (C=O) groups is 1. The Morgan fingerprint density at radius 2 is 1.79 bits per heavy atom. The molecule has 29 heavy (non-hydrogen) atoms. The van der Waals surface area contributed by atoms with Crippen LogP contribution in [0.25, 0.3) is 0 Å². The maximum absolute atomic E-state index is 11.4. The van der Waals surface area contributed by atoms with Crippen molar-refractivity contribution in [3.05, 3.63) is 57.6 Å². The van der Waals surface area contributed by atoms with Gasteiger partial charge in [-0.1, -0.05) is 49.2 Å². The lowest BCUT2D eigenvalue weighted by atomic mass is 10.0. The zero-order chi connectivity index (χ0) is 21.4. The Morgan fingerprint density at radius 1 is 1.10 bits per heavy atom. The van der Waals surface area contributed by atoms with Gasteiger partial charge in [0.1, 0.15) is 12.6 Å². The minimum Gasteiger partial charge on any atom is -0.490 e. The van der Waals surface area contributed by atoms with Crippen LogP contribution in [0.3, 0.4) is 0 Å². The van der Waals surface area contributed by atoms with Gasteiger partial charge in [-0.2, -0.15) is 0 Å². The molecule has 2 aromatic carbocycles. The lowest BCUT2D eigenvalue weighted by Crippen LogP contribution is -2.37. The molecule has 158 valence electrons. The van der Waals surface area contributed by atoms with Gasteiger partial charge in [-0.3, -0.25) is 4.79 Å². The fraction of sp³-hybridized carbons (Fsp3) is 0.409. The van der Waals surface area contributed by atoms with Gasteiger partial charge in [-0.25, -0.2) is 0 Å². The van der Waals surface area contributed by atoms with Crippen LogP contribution in [-0.4, -0.2) is 23.7 Å². The number of ether oxygens (including phenoxy) is 2. The molecule has 0 aliphatic carbocycles. The predicted molar refractivity (Wildman–Crippen MR) is 116 cm³/mol. The maximum atomic E-state index is 11.4. The minimum absolute atomic E-state index is 0.273. The Hall–Kier alpha value is -1.95. The third kappa shape index (κ3) is 7.42. The summed E-state index contributed by atoms with van der Waals surface area (Å²) in [7, 11) is 0. The summed E-state index contributed by atoms with van der Waals surface area (Å²) in [6.45, 7) is 7.01. The summed E-state index contributed by atoms with van der Waals surface area (Å²) < 4.78 is 11.6. The van der Waals surface area contributed by atoms with Crippen molar-refractivity contribution in [1.29, 1.82) is 0 Å². The molecule has 0 radical (unpaired) electrons. The van der Waals surface area contributed by atoms with Crippen molar-refractivity contribution < 1.29 is 19.4 Å². The highest BCUT2D eigenvalue weighted by Crippen LogP contribution is 2.37. The molecule has 2 rings (SSSR count). The molecule has 0 aliphatic heterocycles. The van der Waals surface area contributed by atoms with Gasteiger partial charge in [-0.15, -0.1) is 0 Å². The third-order valence-electron chi connectivity index (χ3n) is 4.22. The van der Waals surface area contributed by atoms with Crippen LogP contribution in [0, 0.1) is 5.92 Å². The molecule has 2 N–H and O–H groups in total. The van der Waals surface area contributed by atoms with E-state index in [4.69, 9.17) is 32.7 Å². The summed E-state index contributed by atoms with van der Waals surface area (Å²) in [6.07, 6.45) is 0.545. The van der Waals surface area contributed by atoms with E-state index in [0.717, 1.165) is 11.1 Å². The van der Waals surface area contributed by atoms with Crippen molar-refractivity contribution >= 4 is 29.2 Å². The number of aliphatic carboxylic acids is 1. The monoisotopic (exact) mass is 439 g/mol. The van der Waals surface area contributed by atoms with Crippen LogP contribution in [-0.2, 0) is 17.9 Å². The van der Waals surface area contributed by atoms with Crippen molar-refractivity contribution in [2.75, 3.05) is 6.61 Å². The van der Waals surface area contributed by atoms with E-state index in [1.807, 2.05) is 39.0 Å². The number of halogens is 2. The molecule has 1 atom stereocenters. The largest absolute Gasteiger partial charge is 0.490 e. The fourth-order valence-electron chi connectivity index (χ4n) is 2.85. The van der Waals surface area contributed by atoms with Gasteiger partial charge in [0.25, 0.3) is 0 Å². The lowest BCUT2D eigenvalue weighted by molar-refractivity contribution is -0.140. The normalized spacial score (nSPS) is 12.1. The molecule has 0 spiro atoms. The average Bonchev–Trinajstić information content (AvgIpc) is 2.65. The zero-order valence-electron chi connectivity index (χ0n) is 16.9. The summed E-state index contributed by atoms with van der Waals surface area (Å²) in [5.41, 5.74) is 1.78. The van der Waals surface area contributed by atoms with E-state index in [-0.39, 0.29) is 5.92 Å². The molecule has 0 saturated carbocycles. The van der Waals surface area contributed by atoms with E-state index in [1.54, 1.807) is 18.2 Å². The summed E-state index contributed by atoms with van der Waals surface area (Å²) in [4.78, 5) is 11.4. The maximum Gasteiger partial charge on any atom is 0.320 e. The van der Waals surface area contributed by atoms with Crippen molar-refractivity contribution in [3.63, 3.8) is 0 Å². The van der Waals surface area contributed by atoms with E-state index in [0.29, 0.717) is 47.7 Å². The molecule has 0 heterocycles. The van der Waals surface area contributed by atoms with Crippen LogP contribution in [0.15, 0.2) is 36.4 Å². The first-order valence-corrected chi connectivity index (χ1v) is 10.3. The van der Waals surface area contributed by atoms with E-state index in [9.17, 15) is 9.90 Å². The van der Waals surface area contributed by atoms with Gasteiger partial charge < -0.3 is 19.9 Å². The van der Waals surface area contributed by atoms with E-state index in [1.165, 1.54) is 0 Å². The molecule has 0 aromatic heterocycles. The third-order valence-corrected chi connectivity index (χ3v) is 4.76. The predicted octanol–water partition coefficient (Wildman–Crippen LogP) is 5.56. The fourth-order valence-corrected chi connectivity index (χ4v) is 3.26. The summed E-state index contributed by atoms with van der Waals surface area (Å²) in [6, 6.07) is 10.3. The summed E-state index contributed by atoms with van der Waals surface area (Å²) in [5.74, 6) is 0.401. The highest BCUT2D eigenvalue weighted by atomic mass is 35.5. The molecular weight excluding hydrogens is 413 g/mol. The first-order chi connectivity index (χ1) is 13.8. The van der Waals surface area contributed by atoms with E-state index < -0.39 is 12.0 Å². The summed E-state index contributed by atoms with van der Waals surface area (Å²) in [5, 5.41) is 13.5. The van der Waals surface area contributed by atoms with Crippen LogP contribution in [0.2, 0.25) is 10.0 Å². The topological polar surface area (TPSA) is 67.8 Å². The smallest absolute Gasteiger partial charge is 0.320 e. The Kier molecular flexibility index (Phi) is 9.08. The van der Waals surface area contributed by atoms with Gasteiger partial charge >= 0.3 is 5.97 Å². The molecule has 0 saturated heterocycles. The van der Waals surface area contributed by atoms with Crippen molar-refractivity contribution in [3.8, 4) is 11.5 Å². The molecule has 7 heteroatoms. The van der Waals surface area contributed by atoms with Crippen LogP contribution in [0.1, 0.15) is 38.3 Å². The van der Waals surface area contributed by atoms with Gasteiger partial charge in [-0.05, 0) is 54.7 Å². The molecule has 0 fully saturated rings. The van der Waals surface area contributed by atoms with Crippen molar-refractivity contribution in [1.82, 2.24) is 5.32 Å². The van der Waals surface area contributed by atoms with Gasteiger partial charge in [0.2, 0.25) is 0 Å². The second-order valence-corrected chi connectivity index (χ2v) is 8.00. The molecular formula is C22H27Cl2NO4. The number of hydrogen-bond donors (Lipinski definition) is 2. The number of rotatable bonds is 11. The Labute approximate surface area is 181 Å². The Balaban J connectivity index is 2.13. The molecule has 0 bridgehead atoms. The Bertz CT molecular complexity index is 809. The number of nitrogens with one attached hydrogen (secondary N) is 1. The van der Waals surface area contributed by atoms with Gasteiger partial charge in [0.15, 0.2) is 11.5 Å². The highest BCUT2D eigenvalue weighted by molar-refractivity contribution is 6.32.